The molecule has 0 radical (unpaired) electrons. The van der Waals surface area contributed by atoms with Crippen LogP contribution in [0.3, 0.4) is 0 Å². The molecule has 0 aliphatic rings. The topological polar surface area (TPSA) is 54.9 Å². The second kappa shape index (κ2) is 6.48. The first-order valence-electron chi connectivity index (χ1n) is 6.40. The number of aromatic nitrogens is 2. The highest BCUT2D eigenvalue weighted by Gasteiger charge is 2.24. The summed E-state index contributed by atoms with van der Waals surface area (Å²) in [6.45, 7) is 4.02. The van der Waals surface area contributed by atoms with Crippen LogP contribution in [0.5, 0.6) is 0 Å². The van der Waals surface area contributed by atoms with Gasteiger partial charge in [0.1, 0.15) is 0 Å². The molecule has 0 saturated heterocycles. The number of nitrogens with one attached hydrogen (secondary N) is 1. The van der Waals surface area contributed by atoms with E-state index in [1.165, 1.54) is 6.20 Å². The fourth-order valence-corrected chi connectivity index (χ4v) is 2.20. The number of amides is 1. The maximum atomic E-state index is 12.4. The second-order valence-electron chi connectivity index (χ2n) is 4.85. The molecule has 0 saturated carbocycles. The Kier molecular flexibility index (Phi) is 4.69. The van der Waals surface area contributed by atoms with Gasteiger partial charge in [-0.2, -0.15) is 0 Å². The van der Waals surface area contributed by atoms with E-state index in [1.54, 1.807) is 24.5 Å². The van der Waals surface area contributed by atoms with Crippen LogP contribution < -0.4 is 5.32 Å². The highest BCUT2D eigenvalue weighted by molar-refractivity contribution is 6.30. The second-order valence-corrected chi connectivity index (χ2v) is 5.29. The van der Waals surface area contributed by atoms with Gasteiger partial charge in [-0.25, -0.2) is 4.98 Å². The summed E-state index contributed by atoms with van der Waals surface area (Å²) in [5.74, 6) is 0.266. The monoisotopic (exact) mass is 289 g/mol. The number of halogens is 1. The molecule has 0 aliphatic carbocycles. The zero-order valence-electron chi connectivity index (χ0n) is 11.4. The van der Waals surface area contributed by atoms with Crippen LogP contribution in [-0.4, -0.2) is 15.9 Å². The van der Waals surface area contributed by atoms with Crippen LogP contribution in [0.25, 0.3) is 0 Å². The van der Waals surface area contributed by atoms with Crippen molar-refractivity contribution >= 4 is 23.3 Å². The Balaban J connectivity index is 2.20. The van der Waals surface area contributed by atoms with Crippen molar-refractivity contribution in [1.29, 1.82) is 0 Å². The lowest BCUT2D eigenvalue weighted by atomic mass is 9.87. The number of hydrogen-bond acceptors (Lipinski definition) is 3. The lowest BCUT2D eigenvalue weighted by Crippen LogP contribution is -2.25. The summed E-state index contributed by atoms with van der Waals surface area (Å²) in [5, 5.41) is 3.45. The van der Waals surface area contributed by atoms with Gasteiger partial charge in [-0.15, -0.1) is 0 Å². The molecule has 1 aromatic heterocycles. The van der Waals surface area contributed by atoms with Crippen molar-refractivity contribution in [3.63, 3.8) is 0 Å². The third-order valence-corrected chi connectivity index (χ3v) is 3.24. The molecular weight excluding hydrogens is 274 g/mol. The maximum absolute atomic E-state index is 12.4. The summed E-state index contributed by atoms with van der Waals surface area (Å²) in [7, 11) is 0. The third kappa shape index (κ3) is 3.54. The van der Waals surface area contributed by atoms with Crippen LogP contribution in [0.15, 0.2) is 42.9 Å². The Hall–Kier alpha value is -1.94. The average Bonchev–Trinajstić information content (AvgIpc) is 2.42. The van der Waals surface area contributed by atoms with Crippen molar-refractivity contribution in [3.05, 3.63) is 53.4 Å². The van der Waals surface area contributed by atoms with Crippen LogP contribution in [0.1, 0.15) is 25.3 Å². The highest BCUT2D eigenvalue weighted by Crippen LogP contribution is 2.26. The molecule has 0 aliphatic heterocycles. The standard InChI is InChI=1S/C15H16ClN3O/c1-10(2)14(11-3-5-12(16)6-4-11)15(20)19-13-9-17-7-8-18-13/h3-10,14H,1-2H3,(H,18,19,20). The van der Waals surface area contributed by atoms with Gasteiger partial charge in [-0.3, -0.25) is 9.78 Å². The van der Waals surface area contributed by atoms with E-state index in [9.17, 15) is 4.79 Å². The normalized spacial score (nSPS) is 12.2. The molecule has 5 heteroatoms. The Morgan fingerprint density at radius 2 is 1.90 bits per heavy atom. The first-order chi connectivity index (χ1) is 9.58. The Labute approximate surface area is 123 Å². The number of hydrogen-bond donors (Lipinski definition) is 1. The maximum Gasteiger partial charge on any atom is 0.233 e. The largest absolute Gasteiger partial charge is 0.309 e. The van der Waals surface area contributed by atoms with Gasteiger partial charge in [0.05, 0.1) is 12.1 Å². The van der Waals surface area contributed by atoms with Gasteiger partial charge in [0.2, 0.25) is 5.91 Å². The summed E-state index contributed by atoms with van der Waals surface area (Å²) in [4.78, 5) is 20.4. The van der Waals surface area contributed by atoms with Crippen molar-refractivity contribution in [2.45, 2.75) is 19.8 Å². The third-order valence-electron chi connectivity index (χ3n) is 2.99. The van der Waals surface area contributed by atoms with Crippen LogP contribution in [0, 0.1) is 5.92 Å². The SMILES string of the molecule is CC(C)C(C(=O)Nc1cnccn1)c1ccc(Cl)cc1. The minimum atomic E-state index is -0.255. The van der Waals surface area contributed by atoms with E-state index in [4.69, 9.17) is 11.6 Å². The van der Waals surface area contributed by atoms with Crippen LogP contribution in [0.2, 0.25) is 5.02 Å². The molecule has 1 amide bonds. The molecule has 4 nitrogen and oxygen atoms in total. The fourth-order valence-electron chi connectivity index (χ4n) is 2.08. The molecule has 2 aromatic rings. The van der Waals surface area contributed by atoms with E-state index in [-0.39, 0.29) is 17.7 Å². The van der Waals surface area contributed by atoms with E-state index in [1.807, 2.05) is 26.0 Å². The molecule has 1 N–H and O–H groups in total. The fraction of sp³-hybridized carbons (Fsp3) is 0.267. The van der Waals surface area contributed by atoms with Crippen molar-refractivity contribution in [2.24, 2.45) is 5.92 Å². The Bertz CT molecular complexity index is 569. The zero-order chi connectivity index (χ0) is 14.5. The summed E-state index contributed by atoms with van der Waals surface area (Å²) in [6.07, 6.45) is 4.63. The van der Waals surface area contributed by atoms with Gasteiger partial charge in [-0.1, -0.05) is 37.6 Å². The molecule has 1 aromatic carbocycles. The van der Waals surface area contributed by atoms with Gasteiger partial charge >= 0.3 is 0 Å². The van der Waals surface area contributed by atoms with Crippen LogP contribution in [0.4, 0.5) is 5.82 Å². The van der Waals surface area contributed by atoms with E-state index in [2.05, 4.69) is 15.3 Å². The lowest BCUT2D eigenvalue weighted by molar-refractivity contribution is -0.118. The van der Waals surface area contributed by atoms with Gasteiger partial charge in [0.25, 0.3) is 0 Å². The van der Waals surface area contributed by atoms with E-state index in [0.717, 1.165) is 5.56 Å². The predicted octanol–water partition coefficient (Wildman–Crippen LogP) is 3.51. The molecule has 0 bridgehead atoms. The minimum Gasteiger partial charge on any atom is -0.309 e. The summed E-state index contributed by atoms with van der Waals surface area (Å²) in [5.41, 5.74) is 0.936. The highest BCUT2D eigenvalue weighted by atomic mass is 35.5. The van der Waals surface area contributed by atoms with Crippen LogP contribution in [-0.2, 0) is 4.79 Å². The number of nitrogens with zero attached hydrogens (tertiary/aromatic N) is 2. The number of anilines is 1. The molecule has 2 rings (SSSR count). The average molecular weight is 290 g/mol. The number of benzene rings is 1. The summed E-state index contributed by atoms with van der Waals surface area (Å²) in [6, 6.07) is 7.34. The van der Waals surface area contributed by atoms with Crippen molar-refractivity contribution < 1.29 is 4.79 Å². The molecule has 0 fully saturated rings. The Morgan fingerprint density at radius 1 is 1.20 bits per heavy atom. The summed E-state index contributed by atoms with van der Waals surface area (Å²) >= 11 is 5.89. The quantitative estimate of drug-likeness (QED) is 0.937. The smallest absolute Gasteiger partial charge is 0.233 e. The molecule has 20 heavy (non-hydrogen) atoms. The van der Waals surface area contributed by atoms with Crippen LogP contribution >= 0.6 is 11.6 Å². The molecule has 104 valence electrons. The molecule has 0 spiro atoms. The molecule has 1 atom stereocenters. The van der Waals surface area contributed by atoms with E-state index in [0.29, 0.717) is 10.8 Å². The van der Waals surface area contributed by atoms with Gasteiger partial charge in [-0.05, 0) is 23.6 Å². The van der Waals surface area contributed by atoms with Crippen molar-refractivity contribution in [1.82, 2.24) is 9.97 Å². The van der Waals surface area contributed by atoms with Gasteiger partial charge in [0, 0.05) is 17.4 Å². The van der Waals surface area contributed by atoms with Crippen molar-refractivity contribution in [2.75, 3.05) is 5.32 Å². The molecule has 1 heterocycles. The van der Waals surface area contributed by atoms with E-state index < -0.39 is 0 Å². The Morgan fingerprint density at radius 3 is 2.45 bits per heavy atom. The minimum absolute atomic E-state index is 0.0946. The van der Waals surface area contributed by atoms with Crippen molar-refractivity contribution in [3.8, 4) is 0 Å². The molecular formula is C15H16ClN3O. The first kappa shape index (κ1) is 14.5. The summed E-state index contributed by atoms with van der Waals surface area (Å²) < 4.78 is 0. The predicted molar refractivity (Wildman–Crippen MR) is 79.7 cm³/mol. The number of rotatable bonds is 4. The van der Waals surface area contributed by atoms with Gasteiger partial charge in [0.15, 0.2) is 5.82 Å². The van der Waals surface area contributed by atoms with E-state index >= 15 is 0 Å². The number of carbonyl (C=O) groups excluding carboxylic acids is 1. The number of carbonyl (C=O) groups is 1. The first-order valence-corrected chi connectivity index (χ1v) is 6.78. The zero-order valence-corrected chi connectivity index (χ0v) is 12.1. The lowest BCUT2D eigenvalue weighted by Gasteiger charge is -2.20. The van der Waals surface area contributed by atoms with Gasteiger partial charge < -0.3 is 5.32 Å². The molecule has 1 unspecified atom stereocenters.